The highest BCUT2D eigenvalue weighted by Crippen LogP contribution is 2.29. The molecule has 0 N–H and O–H groups in total. The first-order valence-electron chi connectivity index (χ1n) is 11.8. The van der Waals surface area contributed by atoms with Gasteiger partial charge in [0.05, 0.1) is 38.6 Å². The maximum absolute atomic E-state index is 11.3. The molecule has 0 amide bonds. The fourth-order valence-electron chi connectivity index (χ4n) is 4.19. The number of rotatable bonds is 12. The van der Waals surface area contributed by atoms with E-state index in [1.165, 1.54) is 0 Å². The molecule has 5 nitrogen and oxygen atoms in total. The van der Waals surface area contributed by atoms with E-state index in [0.29, 0.717) is 39.3 Å². The Bertz CT molecular complexity index is 964. The quantitative estimate of drug-likeness (QED) is 0.351. The van der Waals surface area contributed by atoms with E-state index in [-0.39, 0.29) is 24.4 Å². The van der Waals surface area contributed by atoms with Crippen LogP contribution in [0.15, 0.2) is 91.0 Å². The first-order chi connectivity index (χ1) is 16.8. The average molecular weight is 461 g/mol. The van der Waals surface area contributed by atoms with Crippen LogP contribution in [0, 0.1) is 0 Å². The molecular formula is C29H32O5. The molecule has 0 unspecified atom stereocenters. The topological polar surface area (TPSA) is 54.0 Å². The molecule has 0 bridgehead atoms. The van der Waals surface area contributed by atoms with E-state index in [4.69, 9.17) is 18.9 Å². The Balaban J connectivity index is 1.46. The number of aldehydes is 1. The third kappa shape index (κ3) is 7.34. The van der Waals surface area contributed by atoms with Gasteiger partial charge >= 0.3 is 0 Å². The van der Waals surface area contributed by atoms with Crippen molar-refractivity contribution in [3.8, 4) is 0 Å². The van der Waals surface area contributed by atoms with Crippen molar-refractivity contribution >= 4 is 6.29 Å². The van der Waals surface area contributed by atoms with Gasteiger partial charge < -0.3 is 23.7 Å². The van der Waals surface area contributed by atoms with E-state index < -0.39 is 0 Å². The summed E-state index contributed by atoms with van der Waals surface area (Å²) in [6.45, 7) is 1.77. The highest BCUT2D eigenvalue weighted by Gasteiger charge is 2.40. The fraction of sp³-hybridized carbons (Fsp3) is 0.345. The summed E-state index contributed by atoms with van der Waals surface area (Å²) in [5, 5.41) is 0. The Labute approximate surface area is 201 Å². The first kappa shape index (κ1) is 24.3. The number of hydrogen-bond acceptors (Lipinski definition) is 5. The van der Waals surface area contributed by atoms with Crippen LogP contribution in [0.4, 0.5) is 0 Å². The Morgan fingerprint density at radius 2 is 1.26 bits per heavy atom. The lowest BCUT2D eigenvalue weighted by atomic mass is 9.96. The van der Waals surface area contributed by atoms with Crippen LogP contribution in [0.25, 0.3) is 0 Å². The fourth-order valence-corrected chi connectivity index (χ4v) is 4.19. The number of ether oxygens (including phenoxy) is 4. The van der Waals surface area contributed by atoms with Crippen molar-refractivity contribution in [3.05, 3.63) is 108 Å². The third-order valence-electron chi connectivity index (χ3n) is 5.94. The molecule has 178 valence electrons. The van der Waals surface area contributed by atoms with Gasteiger partial charge in [0.25, 0.3) is 0 Å². The zero-order chi connectivity index (χ0) is 23.4. The summed E-state index contributed by atoms with van der Waals surface area (Å²) < 4.78 is 25.1. The van der Waals surface area contributed by atoms with Crippen LogP contribution < -0.4 is 0 Å². The van der Waals surface area contributed by atoms with Gasteiger partial charge in [0.15, 0.2) is 0 Å². The van der Waals surface area contributed by atoms with E-state index in [9.17, 15) is 4.79 Å². The predicted octanol–water partition coefficient (Wildman–Crippen LogP) is 5.12. The van der Waals surface area contributed by atoms with Gasteiger partial charge in [0.2, 0.25) is 0 Å². The van der Waals surface area contributed by atoms with Crippen molar-refractivity contribution < 1.29 is 23.7 Å². The van der Waals surface area contributed by atoms with Gasteiger partial charge in [-0.1, -0.05) is 91.0 Å². The SMILES string of the molecule is O=CC[C@H]1C[C@@H](OCc2ccccc2)[C@H](OCc2ccccc2)[C@@H](COCc2ccccc2)O1. The Hall–Kier alpha value is -2.83. The van der Waals surface area contributed by atoms with Crippen molar-refractivity contribution in [3.63, 3.8) is 0 Å². The van der Waals surface area contributed by atoms with Crippen LogP contribution in [0.5, 0.6) is 0 Å². The minimum Gasteiger partial charge on any atom is -0.374 e. The summed E-state index contributed by atoms with van der Waals surface area (Å²) in [5.41, 5.74) is 3.28. The van der Waals surface area contributed by atoms with Gasteiger partial charge in [-0.05, 0) is 16.7 Å². The molecule has 0 aromatic heterocycles. The molecule has 0 radical (unpaired) electrons. The van der Waals surface area contributed by atoms with Crippen molar-refractivity contribution in [2.24, 2.45) is 0 Å². The van der Waals surface area contributed by atoms with Gasteiger partial charge in [-0.25, -0.2) is 0 Å². The third-order valence-corrected chi connectivity index (χ3v) is 5.94. The lowest BCUT2D eigenvalue weighted by molar-refractivity contribution is -0.220. The molecule has 0 spiro atoms. The second kappa shape index (κ2) is 13.2. The molecule has 3 aromatic carbocycles. The monoisotopic (exact) mass is 460 g/mol. The molecule has 5 heteroatoms. The van der Waals surface area contributed by atoms with Crippen LogP contribution in [-0.4, -0.2) is 37.3 Å². The molecular weight excluding hydrogens is 428 g/mol. The van der Waals surface area contributed by atoms with Gasteiger partial charge in [-0.2, -0.15) is 0 Å². The second-order valence-electron chi connectivity index (χ2n) is 8.53. The number of carbonyl (C=O) groups is 1. The van der Waals surface area contributed by atoms with Crippen LogP contribution in [0.1, 0.15) is 29.5 Å². The molecule has 1 heterocycles. The molecule has 34 heavy (non-hydrogen) atoms. The number of carbonyl (C=O) groups excluding carboxylic acids is 1. The highest BCUT2D eigenvalue weighted by atomic mass is 16.6. The molecule has 4 atom stereocenters. The van der Waals surface area contributed by atoms with Crippen LogP contribution in [0.2, 0.25) is 0 Å². The summed E-state index contributed by atoms with van der Waals surface area (Å²) in [7, 11) is 0. The van der Waals surface area contributed by atoms with Gasteiger partial charge in [-0.3, -0.25) is 0 Å². The molecule has 3 aromatic rings. The summed E-state index contributed by atoms with van der Waals surface area (Å²) in [4.78, 5) is 11.3. The number of hydrogen-bond donors (Lipinski definition) is 0. The van der Waals surface area contributed by atoms with E-state index in [0.717, 1.165) is 23.0 Å². The summed E-state index contributed by atoms with van der Waals surface area (Å²) in [6, 6.07) is 30.2. The molecule has 1 aliphatic heterocycles. The minimum absolute atomic E-state index is 0.215. The highest BCUT2D eigenvalue weighted by molar-refractivity contribution is 5.50. The normalized spacial score (nSPS) is 22.4. The molecule has 4 rings (SSSR count). The minimum atomic E-state index is -0.341. The van der Waals surface area contributed by atoms with Crippen LogP contribution in [0.3, 0.4) is 0 Å². The Morgan fingerprint density at radius 1 is 0.735 bits per heavy atom. The van der Waals surface area contributed by atoms with Crippen molar-refractivity contribution in [1.29, 1.82) is 0 Å². The maximum atomic E-state index is 11.3. The standard InChI is InChI=1S/C29H32O5/c30-17-16-26-18-27(32-20-24-12-6-2-7-13-24)29(33-21-25-14-8-3-9-15-25)28(34-26)22-31-19-23-10-4-1-5-11-23/h1-15,17,26-29H,16,18-22H2/t26-,27+,28+,29-/m0/s1. The molecule has 1 fully saturated rings. The van der Waals surface area contributed by atoms with Crippen LogP contribution in [-0.2, 0) is 43.6 Å². The molecule has 1 saturated heterocycles. The zero-order valence-electron chi connectivity index (χ0n) is 19.3. The lowest BCUT2D eigenvalue weighted by Gasteiger charge is -2.41. The predicted molar refractivity (Wildman–Crippen MR) is 130 cm³/mol. The van der Waals surface area contributed by atoms with E-state index in [2.05, 4.69) is 0 Å². The van der Waals surface area contributed by atoms with Gasteiger partial charge in [0.1, 0.15) is 18.5 Å². The summed E-state index contributed by atoms with van der Waals surface area (Å²) >= 11 is 0. The van der Waals surface area contributed by atoms with Gasteiger partial charge in [-0.15, -0.1) is 0 Å². The first-order valence-corrected chi connectivity index (χ1v) is 11.8. The Kier molecular flexibility index (Phi) is 9.40. The second-order valence-corrected chi connectivity index (χ2v) is 8.53. The molecule has 0 aliphatic carbocycles. The van der Waals surface area contributed by atoms with Gasteiger partial charge in [0, 0.05) is 12.8 Å². The largest absolute Gasteiger partial charge is 0.374 e. The summed E-state index contributed by atoms with van der Waals surface area (Å²) in [6.07, 6.45) is 0.737. The number of benzene rings is 3. The van der Waals surface area contributed by atoms with E-state index in [1.807, 2.05) is 91.0 Å². The summed E-state index contributed by atoms with van der Waals surface area (Å²) in [5.74, 6) is 0. The Morgan fingerprint density at radius 3 is 1.82 bits per heavy atom. The van der Waals surface area contributed by atoms with Crippen molar-refractivity contribution in [2.45, 2.75) is 57.1 Å². The smallest absolute Gasteiger partial charge is 0.122 e. The van der Waals surface area contributed by atoms with Crippen molar-refractivity contribution in [2.75, 3.05) is 6.61 Å². The zero-order valence-corrected chi connectivity index (χ0v) is 19.3. The molecule has 1 aliphatic rings. The maximum Gasteiger partial charge on any atom is 0.122 e. The van der Waals surface area contributed by atoms with Crippen molar-refractivity contribution in [1.82, 2.24) is 0 Å². The lowest BCUT2D eigenvalue weighted by Crippen LogP contribution is -2.52. The van der Waals surface area contributed by atoms with E-state index >= 15 is 0 Å². The van der Waals surface area contributed by atoms with Crippen LogP contribution >= 0.6 is 0 Å². The average Bonchev–Trinajstić information content (AvgIpc) is 2.89. The van der Waals surface area contributed by atoms with E-state index in [1.54, 1.807) is 0 Å². The molecule has 0 saturated carbocycles.